The topological polar surface area (TPSA) is 39.6 Å². The van der Waals surface area contributed by atoms with Gasteiger partial charge in [-0.25, -0.2) is 9.37 Å². The molecular formula is C18H24FN3O. The molecule has 124 valence electrons. The summed E-state index contributed by atoms with van der Waals surface area (Å²) in [5.41, 5.74) is 2.38. The zero-order valence-electron chi connectivity index (χ0n) is 13.8. The Labute approximate surface area is 136 Å². The second-order valence-corrected chi connectivity index (χ2v) is 6.34. The van der Waals surface area contributed by atoms with Crippen LogP contribution in [0.4, 0.5) is 10.1 Å². The number of likely N-dealkylation sites (N-methyl/N-ethyl adjacent to an activating group) is 1. The standard InChI is InChI=1S/C18H24FN3O/c1-13-12-17(15-4-3-5-16(19)18(15)20-13)22-8-6-14(7-9-22)21(2)10-11-23/h3-5,12,14,23H,6-11H2,1-2H3. The fourth-order valence-corrected chi connectivity index (χ4v) is 3.47. The number of aromatic nitrogens is 1. The highest BCUT2D eigenvalue weighted by Crippen LogP contribution is 2.30. The molecule has 5 heteroatoms. The lowest BCUT2D eigenvalue weighted by Gasteiger charge is -2.38. The van der Waals surface area contributed by atoms with Gasteiger partial charge in [0.1, 0.15) is 11.3 Å². The van der Waals surface area contributed by atoms with E-state index in [2.05, 4.69) is 27.9 Å². The second kappa shape index (κ2) is 6.81. The van der Waals surface area contributed by atoms with Crippen molar-refractivity contribution in [2.75, 3.05) is 38.2 Å². The van der Waals surface area contributed by atoms with Gasteiger partial charge >= 0.3 is 0 Å². The number of para-hydroxylation sites is 1. The lowest BCUT2D eigenvalue weighted by atomic mass is 10.0. The van der Waals surface area contributed by atoms with E-state index in [0.29, 0.717) is 18.1 Å². The molecule has 1 aromatic heterocycles. The van der Waals surface area contributed by atoms with Crippen molar-refractivity contribution in [2.45, 2.75) is 25.8 Å². The number of aliphatic hydroxyl groups excluding tert-OH is 1. The van der Waals surface area contributed by atoms with Crippen molar-refractivity contribution >= 4 is 16.6 Å². The van der Waals surface area contributed by atoms with Crippen molar-refractivity contribution < 1.29 is 9.50 Å². The molecule has 0 radical (unpaired) electrons. The zero-order valence-corrected chi connectivity index (χ0v) is 13.8. The van der Waals surface area contributed by atoms with Crippen LogP contribution in [0.2, 0.25) is 0 Å². The van der Waals surface area contributed by atoms with Gasteiger partial charge in [-0.1, -0.05) is 12.1 Å². The van der Waals surface area contributed by atoms with Crippen LogP contribution in [-0.2, 0) is 0 Å². The average Bonchev–Trinajstić information content (AvgIpc) is 2.55. The van der Waals surface area contributed by atoms with Crippen molar-refractivity contribution in [2.24, 2.45) is 0 Å². The van der Waals surface area contributed by atoms with E-state index in [-0.39, 0.29) is 12.4 Å². The molecule has 0 atom stereocenters. The van der Waals surface area contributed by atoms with Gasteiger partial charge in [0.15, 0.2) is 0 Å². The largest absolute Gasteiger partial charge is 0.395 e. The third-order valence-corrected chi connectivity index (χ3v) is 4.78. The molecule has 0 spiro atoms. The quantitative estimate of drug-likeness (QED) is 0.941. The van der Waals surface area contributed by atoms with E-state index in [0.717, 1.165) is 42.7 Å². The van der Waals surface area contributed by atoms with Gasteiger partial charge in [-0.05, 0) is 38.9 Å². The summed E-state index contributed by atoms with van der Waals surface area (Å²) in [6.07, 6.45) is 2.10. The summed E-state index contributed by atoms with van der Waals surface area (Å²) >= 11 is 0. The number of anilines is 1. The molecular weight excluding hydrogens is 293 g/mol. The van der Waals surface area contributed by atoms with Crippen molar-refractivity contribution in [3.63, 3.8) is 0 Å². The summed E-state index contributed by atoms with van der Waals surface area (Å²) in [6, 6.07) is 7.72. The van der Waals surface area contributed by atoms with Crippen LogP contribution in [0.3, 0.4) is 0 Å². The van der Waals surface area contributed by atoms with E-state index < -0.39 is 0 Å². The first-order valence-electron chi connectivity index (χ1n) is 8.22. The SMILES string of the molecule is Cc1cc(N2CCC(N(C)CCO)CC2)c2cccc(F)c2n1. The molecule has 1 saturated heterocycles. The third kappa shape index (κ3) is 3.31. The second-order valence-electron chi connectivity index (χ2n) is 6.34. The lowest BCUT2D eigenvalue weighted by molar-refractivity contribution is 0.162. The number of piperidine rings is 1. The fraction of sp³-hybridized carbons (Fsp3) is 0.500. The van der Waals surface area contributed by atoms with Crippen LogP contribution in [0.15, 0.2) is 24.3 Å². The van der Waals surface area contributed by atoms with Gasteiger partial charge in [-0.15, -0.1) is 0 Å². The first kappa shape index (κ1) is 16.1. The number of rotatable bonds is 4. The van der Waals surface area contributed by atoms with E-state index in [1.54, 1.807) is 6.07 Å². The maximum atomic E-state index is 14.1. The van der Waals surface area contributed by atoms with Gasteiger partial charge in [0.05, 0.1) is 6.61 Å². The van der Waals surface area contributed by atoms with Gasteiger partial charge in [-0.2, -0.15) is 0 Å². The number of benzene rings is 1. The number of aryl methyl sites for hydroxylation is 1. The minimum absolute atomic E-state index is 0.199. The van der Waals surface area contributed by atoms with Gasteiger partial charge in [-0.3, -0.25) is 0 Å². The Kier molecular flexibility index (Phi) is 4.78. The number of aliphatic hydroxyl groups is 1. The molecule has 0 aliphatic carbocycles. The van der Waals surface area contributed by atoms with Crippen molar-refractivity contribution in [1.82, 2.24) is 9.88 Å². The van der Waals surface area contributed by atoms with Crippen LogP contribution >= 0.6 is 0 Å². The van der Waals surface area contributed by atoms with E-state index in [1.807, 2.05) is 13.0 Å². The monoisotopic (exact) mass is 317 g/mol. The Hall–Kier alpha value is -1.72. The molecule has 23 heavy (non-hydrogen) atoms. The Morgan fingerprint density at radius 1 is 1.35 bits per heavy atom. The van der Waals surface area contributed by atoms with E-state index in [4.69, 9.17) is 5.11 Å². The van der Waals surface area contributed by atoms with Crippen LogP contribution in [-0.4, -0.2) is 54.3 Å². The minimum Gasteiger partial charge on any atom is -0.395 e. The normalized spacial score (nSPS) is 16.5. The van der Waals surface area contributed by atoms with E-state index in [9.17, 15) is 4.39 Å². The molecule has 3 rings (SSSR count). The third-order valence-electron chi connectivity index (χ3n) is 4.78. The molecule has 1 aliphatic heterocycles. The molecule has 1 fully saturated rings. The first-order valence-corrected chi connectivity index (χ1v) is 8.22. The summed E-state index contributed by atoms with van der Waals surface area (Å²) in [5.74, 6) is -0.259. The Balaban J connectivity index is 1.84. The molecule has 4 nitrogen and oxygen atoms in total. The van der Waals surface area contributed by atoms with Crippen molar-refractivity contribution in [3.8, 4) is 0 Å². The zero-order chi connectivity index (χ0) is 16.4. The minimum atomic E-state index is -0.259. The molecule has 2 heterocycles. The molecule has 1 aromatic carbocycles. The van der Waals surface area contributed by atoms with Crippen molar-refractivity contribution in [1.29, 1.82) is 0 Å². The summed E-state index contributed by atoms with van der Waals surface area (Å²) < 4.78 is 14.1. The Bertz CT molecular complexity index is 683. The van der Waals surface area contributed by atoms with Gasteiger partial charge < -0.3 is 14.9 Å². The molecule has 0 amide bonds. The van der Waals surface area contributed by atoms with Crippen LogP contribution in [0.1, 0.15) is 18.5 Å². The molecule has 1 N–H and O–H groups in total. The smallest absolute Gasteiger partial charge is 0.149 e. The predicted molar refractivity (Wildman–Crippen MR) is 91.4 cm³/mol. The highest BCUT2D eigenvalue weighted by molar-refractivity contribution is 5.92. The summed E-state index contributed by atoms with van der Waals surface area (Å²) in [6.45, 7) is 4.71. The highest BCUT2D eigenvalue weighted by Gasteiger charge is 2.23. The predicted octanol–water partition coefficient (Wildman–Crippen LogP) is 2.58. The number of hydrogen-bond donors (Lipinski definition) is 1. The fourth-order valence-electron chi connectivity index (χ4n) is 3.47. The van der Waals surface area contributed by atoms with E-state index in [1.165, 1.54) is 6.07 Å². The molecule has 0 bridgehead atoms. The average molecular weight is 317 g/mol. The summed E-state index contributed by atoms with van der Waals surface area (Å²) in [5, 5.41) is 9.96. The van der Waals surface area contributed by atoms with Gasteiger partial charge in [0.2, 0.25) is 0 Å². The number of nitrogens with zero attached hydrogens (tertiary/aromatic N) is 3. The Morgan fingerprint density at radius 3 is 2.78 bits per heavy atom. The van der Waals surface area contributed by atoms with Gasteiger partial charge in [0, 0.05) is 42.4 Å². The highest BCUT2D eigenvalue weighted by atomic mass is 19.1. The van der Waals surface area contributed by atoms with E-state index >= 15 is 0 Å². The van der Waals surface area contributed by atoms with Crippen LogP contribution in [0.5, 0.6) is 0 Å². The van der Waals surface area contributed by atoms with Crippen LogP contribution < -0.4 is 4.90 Å². The Morgan fingerprint density at radius 2 is 2.09 bits per heavy atom. The van der Waals surface area contributed by atoms with Crippen LogP contribution in [0.25, 0.3) is 10.9 Å². The summed E-state index contributed by atoms with van der Waals surface area (Å²) in [4.78, 5) is 8.92. The van der Waals surface area contributed by atoms with Crippen LogP contribution in [0, 0.1) is 12.7 Å². The maximum Gasteiger partial charge on any atom is 0.149 e. The van der Waals surface area contributed by atoms with Gasteiger partial charge in [0.25, 0.3) is 0 Å². The summed E-state index contributed by atoms with van der Waals surface area (Å²) in [7, 11) is 2.07. The molecule has 0 unspecified atom stereocenters. The number of fused-ring (bicyclic) bond motifs is 1. The molecule has 0 saturated carbocycles. The molecule has 2 aromatic rings. The lowest BCUT2D eigenvalue weighted by Crippen LogP contribution is -2.44. The number of hydrogen-bond acceptors (Lipinski definition) is 4. The first-order chi connectivity index (χ1) is 11.1. The maximum absolute atomic E-state index is 14.1. The van der Waals surface area contributed by atoms with Crippen molar-refractivity contribution in [3.05, 3.63) is 35.8 Å². The number of pyridine rings is 1. The molecule has 1 aliphatic rings. The number of halogens is 1.